The molecule has 1 fully saturated rings. The summed E-state index contributed by atoms with van der Waals surface area (Å²) in [4.78, 5) is 25.6. The molecular weight excluding hydrogens is 240 g/mol. The summed E-state index contributed by atoms with van der Waals surface area (Å²) in [7, 11) is 0. The summed E-state index contributed by atoms with van der Waals surface area (Å²) in [5, 5.41) is 2.88. The molecule has 1 aliphatic heterocycles. The van der Waals surface area contributed by atoms with Crippen molar-refractivity contribution >= 4 is 11.8 Å². The van der Waals surface area contributed by atoms with Gasteiger partial charge < -0.3 is 10.2 Å². The second-order valence-corrected chi connectivity index (χ2v) is 6.70. The van der Waals surface area contributed by atoms with Crippen LogP contribution in [-0.4, -0.2) is 36.3 Å². The van der Waals surface area contributed by atoms with Gasteiger partial charge in [-0.05, 0) is 25.2 Å². The zero-order chi connectivity index (χ0) is 14.5. The Morgan fingerprint density at radius 2 is 2.00 bits per heavy atom. The molecule has 0 saturated carbocycles. The third-order valence-corrected chi connectivity index (χ3v) is 3.54. The molecule has 1 atom stereocenters. The molecule has 0 aromatic heterocycles. The molecule has 1 saturated heterocycles. The molecule has 2 amide bonds. The third-order valence-electron chi connectivity index (χ3n) is 3.54. The molecule has 19 heavy (non-hydrogen) atoms. The van der Waals surface area contributed by atoms with Gasteiger partial charge in [0, 0.05) is 31.5 Å². The van der Waals surface area contributed by atoms with Crippen molar-refractivity contribution in [1.29, 1.82) is 0 Å². The van der Waals surface area contributed by atoms with Crippen molar-refractivity contribution in [3.8, 4) is 0 Å². The summed E-state index contributed by atoms with van der Waals surface area (Å²) >= 11 is 0. The number of rotatable bonds is 4. The first-order chi connectivity index (χ1) is 8.80. The average molecular weight is 268 g/mol. The second-order valence-electron chi connectivity index (χ2n) is 6.70. The Labute approximate surface area is 116 Å². The fraction of sp³-hybridized carbons (Fsp3) is 0.867. The maximum absolute atomic E-state index is 12.0. The van der Waals surface area contributed by atoms with Gasteiger partial charge in [0.15, 0.2) is 0 Å². The molecule has 1 unspecified atom stereocenters. The molecule has 0 bridgehead atoms. The van der Waals surface area contributed by atoms with Gasteiger partial charge in [-0.3, -0.25) is 9.59 Å². The maximum Gasteiger partial charge on any atom is 0.225 e. The van der Waals surface area contributed by atoms with Crippen LogP contribution in [0.1, 0.15) is 53.4 Å². The quantitative estimate of drug-likeness (QED) is 0.795. The zero-order valence-corrected chi connectivity index (χ0v) is 12.8. The van der Waals surface area contributed by atoms with Crippen LogP contribution in [0, 0.1) is 11.3 Å². The lowest BCUT2D eigenvalue weighted by Crippen LogP contribution is -2.39. The van der Waals surface area contributed by atoms with Crippen molar-refractivity contribution in [2.45, 2.75) is 53.4 Å². The summed E-state index contributed by atoms with van der Waals surface area (Å²) in [6.45, 7) is 10.3. The number of nitrogens with one attached hydrogen (secondary N) is 1. The van der Waals surface area contributed by atoms with Gasteiger partial charge in [0.25, 0.3) is 0 Å². The fourth-order valence-electron chi connectivity index (χ4n) is 2.28. The molecule has 1 aliphatic rings. The van der Waals surface area contributed by atoms with E-state index in [2.05, 4.69) is 12.2 Å². The van der Waals surface area contributed by atoms with E-state index in [9.17, 15) is 9.59 Å². The van der Waals surface area contributed by atoms with Crippen LogP contribution in [0.3, 0.4) is 0 Å². The molecule has 1 N–H and O–H groups in total. The van der Waals surface area contributed by atoms with Crippen LogP contribution in [0.25, 0.3) is 0 Å². The van der Waals surface area contributed by atoms with Crippen LogP contribution in [-0.2, 0) is 9.59 Å². The number of piperidine rings is 1. The molecule has 1 rings (SSSR count). The number of nitrogens with zero attached hydrogens (tertiary/aromatic N) is 1. The number of amides is 2. The van der Waals surface area contributed by atoms with Gasteiger partial charge in [-0.15, -0.1) is 0 Å². The molecule has 0 spiro atoms. The largest absolute Gasteiger partial charge is 0.356 e. The average Bonchev–Trinajstić information content (AvgIpc) is 2.32. The highest BCUT2D eigenvalue weighted by Crippen LogP contribution is 2.16. The molecule has 0 aliphatic carbocycles. The zero-order valence-electron chi connectivity index (χ0n) is 12.8. The fourth-order valence-corrected chi connectivity index (χ4v) is 2.28. The van der Waals surface area contributed by atoms with Gasteiger partial charge in [0.2, 0.25) is 11.8 Å². The van der Waals surface area contributed by atoms with Crippen LogP contribution in [0.2, 0.25) is 0 Å². The molecule has 1 heterocycles. The summed E-state index contributed by atoms with van der Waals surface area (Å²) in [6.07, 6.45) is 3.61. The monoisotopic (exact) mass is 268 g/mol. The minimum Gasteiger partial charge on any atom is -0.356 e. The van der Waals surface area contributed by atoms with E-state index in [-0.39, 0.29) is 17.2 Å². The van der Waals surface area contributed by atoms with E-state index in [4.69, 9.17) is 0 Å². The molecular formula is C15H28N2O2. The summed E-state index contributed by atoms with van der Waals surface area (Å²) in [5.74, 6) is 0.904. The van der Waals surface area contributed by atoms with Crippen molar-refractivity contribution < 1.29 is 9.59 Å². The number of hydrogen-bond donors (Lipinski definition) is 1. The topological polar surface area (TPSA) is 49.4 Å². The first-order valence-electron chi connectivity index (χ1n) is 7.37. The number of hydrogen-bond acceptors (Lipinski definition) is 2. The summed E-state index contributed by atoms with van der Waals surface area (Å²) in [6, 6.07) is 0. The number of carbonyl (C=O) groups is 2. The lowest BCUT2D eigenvalue weighted by molar-refractivity contribution is -0.133. The van der Waals surface area contributed by atoms with Crippen molar-refractivity contribution in [1.82, 2.24) is 10.2 Å². The Kier molecular flexibility index (Phi) is 5.83. The van der Waals surface area contributed by atoms with Crippen LogP contribution >= 0.6 is 0 Å². The SMILES string of the molecule is CC1CCCN(C(=O)CCCNC(=O)C(C)(C)C)C1. The van der Waals surface area contributed by atoms with E-state index in [0.29, 0.717) is 18.9 Å². The van der Waals surface area contributed by atoms with Crippen molar-refractivity contribution in [2.24, 2.45) is 11.3 Å². The van der Waals surface area contributed by atoms with Gasteiger partial charge in [0.1, 0.15) is 0 Å². The standard InChI is InChI=1S/C15H28N2O2/c1-12-7-6-10-17(11-12)13(18)8-5-9-16-14(19)15(2,3)4/h12H,5-11H2,1-4H3,(H,16,19). The highest BCUT2D eigenvalue weighted by molar-refractivity contribution is 5.81. The van der Waals surface area contributed by atoms with Gasteiger partial charge in [-0.2, -0.15) is 0 Å². The predicted molar refractivity (Wildman–Crippen MR) is 76.7 cm³/mol. The van der Waals surface area contributed by atoms with Crippen LogP contribution in [0.15, 0.2) is 0 Å². The second kappa shape index (κ2) is 6.92. The summed E-state index contributed by atoms with van der Waals surface area (Å²) in [5.41, 5.74) is -0.355. The van der Waals surface area contributed by atoms with Crippen molar-refractivity contribution in [3.05, 3.63) is 0 Å². The summed E-state index contributed by atoms with van der Waals surface area (Å²) < 4.78 is 0. The van der Waals surface area contributed by atoms with E-state index in [1.807, 2.05) is 25.7 Å². The highest BCUT2D eigenvalue weighted by Gasteiger charge is 2.22. The van der Waals surface area contributed by atoms with Gasteiger partial charge in [0.05, 0.1) is 0 Å². The minimum absolute atomic E-state index is 0.0477. The third kappa shape index (κ3) is 5.62. The lowest BCUT2D eigenvalue weighted by atomic mass is 9.96. The molecule has 0 aromatic rings. The molecule has 0 aromatic carbocycles. The molecule has 110 valence electrons. The Morgan fingerprint density at radius 3 is 2.58 bits per heavy atom. The van der Waals surface area contributed by atoms with E-state index in [1.165, 1.54) is 6.42 Å². The van der Waals surface area contributed by atoms with Crippen LogP contribution < -0.4 is 5.32 Å². The Hall–Kier alpha value is -1.06. The molecule has 4 nitrogen and oxygen atoms in total. The van der Waals surface area contributed by atoms with Gasteiger partial charge in [-0.1, -0.05) is 27.7 Å². The number of likely N-dealkylation sites (tertiary alicyclic amines) is 1. The van der Waals surface area contributed by atoms with E-state index < -0.39 is 0 Å². The predicted octanol–water partition coefficient (Wildman–Crippen LogP) is 2.19. The normalized spacial score (nSPS) is 20.2. The minimum atomic E-state index is -0.355. The van der Waals surface area contributed by atoms with Crippen LogP contribution in [0.4, 0.5) is 0 Å². The smallest absolute Gasteiger partial charge is 0.225 e. The first kappa shape index (κ1) is 16.0. The van der Waals surface area contributed by atoms with Gasteiger partial charge in [-0.25, -0.2) is 0 Å². The Balaban J connectivity index is 2.19. The van der Waals surface area contributed by atoms with Crippen molar-refractivity contribution in [3.63, 3.8) is 0 Å². The number of carbonyl (C=O) groups excluding carboxylic acids is 2. The highest BCUT2D eigenvalue weighted by atomic mass is 16.2. The Morgan fingerprint density at radius 1 is 1.32 bits per heavy atom. The maximum atomic E-state index is 12.0. The van der Waals surface area contributed by atoms with Gasteiger partial charge >= 0.3 is 0 Å². The van der Waals surface area contributed by atoms with E-state index in [0.717, 1.165) is 25.9 Å². The first-order valence-corrected chi connectivity index (χ1v) is 7.37. The Bertz CT molecular complexity index is 321. The van der Waals surface area contributed by atoms with Crippen LogP contribution in [0.5, 0.6) is 0 Å². The molecule has 4 heteroatoms. The van der Waals surface area contributed by atoms with E-state index >= 15 is 0 Å². The van der Waals surface area contributed by atoms with Crippen molar-refractivity contribution in [2.75, 3.05) is 19.6 Å². The molecule has 0 radical (unpaired) electrons. The van der Waals surface area contributed by atoms with E-state index in [1.54, 1.807) is 0 Å². The lowest BCUT2D eigenvalue weighted by Gasteiger charge is -2.31.